The maximum atomic E-state index is 13.6. The SMILES string of the molecule is CC1=C[C@H]2[C@@]3(O)[C@H](C)C[C@]4(OC(=O)[C@@H](N)C5Cc6ccccc6C5)[C@H]([C@@H]3C=C(CO)C[C@]2(O)C1=O)C4(C)C. The molecule has 0 radical (unpaired) electrons. The number of aliphatic hydroxyl groups is 3. The van der Waals surface area contributed by atoms with Crippen LogP contribution in [0.25, 0.3) is 0 Å². The number of ether oxygens (including phenoxy) is 1. The van der Waals surface area contributed by atoms with Crippen LogP contribution < -0.4 is 5.73 Å². The van der Waals surface area contributed by atoms with Gasteiger partial charge in [-0.25, -0.2) is 0 Å². The lowest BCUT2D eigenvalue weighted by molar-refractivity contribution is -0.188. The van der Waals surface area contributed by atoms with E-state index < -0.39 is 57.8 Å². The molecule has 7 nitrogen and oxygen atoms in total. The van der Waals surface area contributed by atoms with Crippen molar-refractivity contribution in [3.05, 3.63) is 58.7 Å². The van der Waals surface area contributed by atoms with Gasteiger partial charge in [0.1, 0.15) is 17.2 Å². The zero-order valence-corrected chi connectivity index (χ0v) is 22.6. The second-order valence-electron chi connectivity index (χ2n) is 13.2. The van der Waals surface area contributed by atoms with Gasteiger partial charge in [0.2, 0.25) is 0 Å². The number of rotatable bonds is 4. The number of carbonyl (C=O) groups is 2. The van der Waals surface area contributed by atoms with E-state index in [4.69, 9.17) is 10.5 Å². The fraction of sp³-hybridized carbons (Fsp3) is 0.613. The van der Waals surface area contributed by atoms with Gasteiger partial charge in [0.05, 0.1) is 12.2 Å². The Morgan fingerprint density at radius 3 is 2.39 bits per heavy atom. The highest BCUT2D eigenvalue weighted by Gasteiger charge is 2.83. The lowest BCUT2D eigenvalue weighted by Crippen LogP contribution is -2.61. The molecular formula is C31H39NO6. The van der Waals surface area contributed by atoms with Crippen molar-refractivity contribution in [2.75, 3.05) is 6.61 Å². The van der Waals surface area contributed by atoms with E-state index >= 15 is 0 Å². The molecule has 2 saturated carbocycles. The summed E-state index contributed by atoms with van der Waals surface area (Å²) < 4.78 is 6.38. The number of benzene rings is 1. The van der Waals surface area contributed by atoms with Gasteiger partial charge in [-0.3, -0.25) is 9.59 Å². The molecule has 0 spiro atoms. The highest BCUT2D eigenvalue weighted by molar-refractivity contribution is 6.04. The van der Waals surface area contributed by atoms with Gasteiger partial charge < -0.3 is 25.8 Å². The van der Waals surface area contributed by atoms with Crippen molar-refractivity contribution in [3.8, 4) is 0 Å². The summed E-state index contributed by atoms with van der Waals surface area (Å²) in [6.07, 6.45) is 5.41. The summed E-state index contributed by atoms with van der Waals surface area (Å²) in [6, 6.07) is 7.41. The van der Waals surface area contributed by atoms with Gasteiger partial charge in [0.25, 0.3) is 0 Å². The van der Waals surface area contributed by atoms with Crippen LogP contribution in [0.1, 0.15) is 51.7 Å². The third-order valence-corrected chi connectivity index (χ3v) is 11.0. The average Bonchev–Trinajstić information content (AvgIpc) is 3.14. The maximum Gasteiger partial charge on any atom is 0.323 e. The molecule has 6 rings (SSSR count). The zero-order valence-electron chi connectivity index (χ0n) is 22.6. The number of aliphatic hydroxyl groups excluding tert-OH is 1. The van der Waals surface area contributed by atoms with Gasteiger partial charge in [-0.2, -0.15) is 0 Å². The first-order valence-corrected chi connectivity index (χ1v) is 13.8. The minimum atomic E-state index is -1.80. The molecule has 1 aromatic rings. The van der Waals surface area contributed by atoms with E-state index in [9.17, 15) is 24.9 Å². The Balaban J connectivity index is 1.32. The maximum absolute atomic E-state index is 13.6. The van der Waals surface area contributed by atoms with Crippen LogP contribution >= 0.6 is 0 Å². The van der Waals surface area contributed by atoms with Gasteiger partial charge in [0, 0.05) is 29.6 Å². The fourth-order valence-electron chi connectivity index (χ4n) is 8.88. The van der Waals surface area contributed by atoms with Crippen LogP contribution in [-0.2, 0) is 27.2 Å². The third-order valence-electron chi connectivity index (χ3n) is 11.0. The average molecular weight is 522 g/mol. The molecule has 0 bridgehead atoms. The largest absolute Gasteiger partial charge is 0.457 e. The van der Waals surface area contributed by atoms with E-state index in [2.05, 4.69) is 12.1 Å². The van der Waals surface area contributed by atoms with Crippen molar-refractivity contribution in [1.29, 1.82) is 0 Å². The first kappa shape index (κ1) is 25.9. The first-order chi connectivity index (χ1) is 17.8. The highest BCUT2D eigenvalue weighted by Crippen LogP contribution is 2.76. The molecule has 0 heterocycles. The molecule has 0 amide bonds. The third kappa shape index (κ3) is 3.16. The Bertz CT molecular complexity index is 1260. The number of fused-ring (bicyclic) bond motifs is 6. The summed E-state index contributed by atoms with van der Waals surface area (Å²) in [5.74, 6) is -2.82. The Labute approximate surface area is 223 Å². The summed E-state index contributed by atoms with van der Waals surface area (Å²) in [5.41, 5.74) is 5.38. The molecule has 38 heavy (non-hydrogen) atoms. The van der Waals surface area contributed by atoms with E-state index in [0.717, 1.165) is 12.8 Å². The minimum Gasteiger partial charge on any atom is -0.457 e. The molecule has 5 N–H and O–H groups in total. The van der Waals surface area contributed by atoms with Gasteiger partial charge in [-0.15, -0.1) is 0 Å². The van der Waals surface area contributed by atoms with E-state index in [-0.39, 0.29) is 24.9 Å². The Kier molecular flexibility index (Phi) is 5.53. The number of carbonyl (C=O) groups excluding carboxylic acids is 2. The Morgan fingerprint density at radius 1 is 1.16 bits per heavy atom. The summed E-state index contributed by atoms with van der Waals surface area (Å²) in [5, 5.41) is 34.2. The van der Waals surface area contributed by atoms with Crippen LogP contribution in [0.3, 0.4) is 0 Å². The predicted octanol–water partition coefficient (Wildman–Crippen LogP) is 2.25. The molecule has 5 aliphatic rings. The minimum absolute atomic E-state index is 0.0269. The Hall–Kier alpha value is -2.32. The monoisotopic (exact) mass is 521 g/mol. The number of hydrogen-bond donors (Lipinski definition) is 4. The molecule has 5 aliphatic carbocycles. The van der Waals surface area contributed by atoms with Crippen molar-refractivity contribution in [2.45, 2.75) is 76.2 Å². The van der Waals surface area contributed by atoms with Crippen molar-refractivity contribution in [3.63, 3.8) is 0 Å². The molecule has 0 aliphatic heterocycles. The number of esters is 1. The lowest BCUT2D eigenvalue weighted by Gasteiger charge is -2.50. The van der Waals surface area contributed by atoms with Crippen LogP contribution in [0, 0.1) is 35.0 Å². The molecule has 0 unspecified atom stereocenters. The molecule has 1 aromatic carbocycles. The summed E-state index contributed by atoms with van der Waals surface area (Å²) >= 11 is 0. The second-order valence-corrected chi connectivity index (χ2v) is 13.2. The topological polar surface area (TPSA) is 130 Å². The molecule has 7 heteroatoms. The summed E-state index contributed by atoms with van der Waals surface area (Å²) in [4.78, 5) is 26.7. The van der Waals surface area contributed by atoms with Crippen LogP contribution in [0.5, 0.6) is 0 Å². The van der Waals surface area contributed by atoms with Gasteiger partial charge in [0.15, 0.2) is 5.78 Å². The number of Topliss-reactive ketones (excluding diaryl/α,β-unsaturated/α-hetero) is 1. The van der Waals surface area contributed by atoms with E-state index in [1.54, 1.807) is 13.0 Å². The zero-order chi connectivity index (χ0) is 27.4. The van der Waals surface area contributed by atoms with Crippen molar-refractivity contribution in [2.24, 2.45) is 40.7 Å². The highest BCUT2D eigenvalue weighted by atomic mass is 16.6. The van der Waals surface area contributed by atoms with E-state index in [0.29, 0.717) is 17.6 Å². The molecule has 0 aromatic heterocycles. The summed E-state index contributed by atoms with van der Waals surface area (Å²) in [6.45, 7) is 7.34. The molecular weight excluding hydrogens is 482 g/mol. The lowest BCUT2D eigenvalue weighted by atomic mass is 9.60. The van der Waals surface area contributed by atoms with Crippen LogP contribution in [-0.4, -0.2) is 56.5 Å². The predicted molar refractivity (Wildman–Crippen MR) is 141 cm³/mol. The number of hydrogen-bond acceptors (Lipinski definition) is 7. The van der Waals surface area contributed by atoms with Crippen molar-refractivity contribution >= 4 is 11.8 Å². The molecule has 0 saturated heterocycles. The Morgan fingerprint density at radius 2 is 1.79 bits per heavy atom. The van der Waals surface area contributed by atoms with Crippen molar-refractivity contribution < 1.29 is 29.6 Å². The first-order valence-electron chi connectivity index (χ1n) is 13.8. The fourth-order valence-corrected chi connectivity index (χ4v) is 8.88. The van der Waals surface area contributed by atoms with Crippen LogP contribution in [0.15, 0.2) is 47.6 Å². The van der Waals surface area contributed by atoms with Crippen LogP contribution in [0.2, 0.25) is 0 Å². The second kappa shape index (κ2) is 8.10. The normalized spacial score (nSPS) is 41.6. The molecule has 204 valence electrons. The van der Waals surface area contributed by atoms with Gasteiger partial charge >= 0.3 is 5.97 Å². The number of ketones is 1. The van der Waals surface area contributed by atoms with Gasteiger partial charge in [-0.05, 0) is 60.3 Å². The van der Waals surface area contributed by atoms with Crippen LogP contribution in [0.4, 0.5) is 0 Å². The van der Waals surface area contributed by atoms with Gasteiger partial charge in [-0.1, -0.05) is 57.2 Å². The quantitative estimate of drug-likeness (QED) is 0.353. The number of nitrogens with two attached hydrogens (primary N) is 1. The standard InChI is InChI=1S/C31H39NO6/c1-16-9-23-29(36,26(16)34)14-18(15-33)10-22-25-28(3,4)30(25,13-17(2)31(22,23)37)38-27(35)24(32)21-11-19-7-5-6-8-20(19)12-21/h5-10,17,21-25,33,36-37H,11-15,32H2,1-4H3/t17-,22+,23-,24+,25-,29-,30+,31-/m1/s1. The molecule has 8 atom stereocenters. The van der Waals surface area contributed by atoms with E-state index in [1.807, 2.05) is 39.0 Å². The smallest absolute Gasteiger partial charge is 0.323 e. The van der Waals surface area contributed by atoms with E-state index in [1.165, 1.54) is 11.1 Å². The van der Waals surface area contributed by atoms with Crippen molar-refractivity contribution in [1.82, 2.24) is 0 Å². The molecule has 2 fully saturated rings. The summed E-state index contributed by atoms with van der Waals surface area (Å²) in [7, 11) is 0.